The molecule has 0 unspecified atom stereocenters. The first-order valence-corrected chi connectivity index (χ1v) is 7.92. The van der Waals surface area contributed by atoms with E-state index in [1.54, 1.807) is 37.3 Å². The summed E-state index contributed by atoms with van der Waals surface area (Å²) in [7, 11) is 0. The Balaban J connectivity index is 2.71. The van der Waals surface area contributed by atoms with Gasteiger partial charge in [-0.05, 0) is 30.7 Å². The van der Waals surface area contributed by atoms with E-state index in [4.69, 9.17) is 27.9 Å². The predicted molar refractivity (Wildman–Crippen MR) is 93.5 cm³/mol. The van der Waals surface area contributed by atoms with Crippen LogP contribution in [0.5, 0.6) is 0 Å². The van der Waals surface area contributed by atoms with Gasteiger partial charge in [0.1, 0.15) is 0 Å². The van der Waals surface area contributed by atoms with Crippen LogP contribution in [0.25, 0.3) is 6.08 Å². The summed E-state index contributed by atoms with van der Waals surface area (Å²) >= 11 is 11.9. The first kappa shape index (κ1) is 19.3. The Morgan fingerprint density at radius 3 is 2.70 bits per heavy atom. The van der Waals surface area contributed by atoms with Crippen molar-refractivity contribution in [2.75, 3.05) is 19.7 Å². The van der Waals surface area contributed by atoms with E-state index in [1.165, 1.54) is 11.0 Å². The number of hydrogen-bond acceptors (Lipinski definition) is 3. The Bertz CT molecular complexity index is 600. The third kappa shape index (κ3) is 6.89. The average molecular weight is 356 g/mol. The molecule has 0 spiro atoms. The quantitative estimate of drug-likeness (QED) is 0.402. The topological polar surface area (TPSA) is 46.6 Å². The minimum absolute atomic E-state index is 0.142. The van der Waals surface area contributed by atoms with Gasteiger partial charge in [0.15, 0.2) is 0 Å². The standard InChI is InChI=1S/C17H19Cl2NO3/c1-3-10-20(11-9-17(22)23-4-2)16(21)8-6-13-5-7-14(18)12-15(13)19/h3,5-8,12H,1,4,9-11H2,2H3/b8-6+. The van der Waals surface area contributed by atoms with E-state index in [9.17, 15) is 9.59 Å². The molecular weight excluding hydrogens is 337 g/mol. The van der Waals surface area contributed by atoms with Gasteiger partial charge in [-0.25, -0.2) is 0 Å². The minimum Gasteiger partial charge on any atom is -0.466 e. The number of ether oxygens (including phenoxy) is 1. The summed E-state index contributed by atoms with van der Waals surface area (Å²) in [6, 6.07) is 5.03. The number of halogens is 2. The molecule has 0 aliphatic heterocycles. The first-order chi connectivity index (χ1) is 11.0. The van der Waals surface area contributed by atoms with Crippen LogP contribution >= 0.6 is 23.2 Å². The van der Waals surface area contributed by atoms with Gasteiger partial charge in [0.2, 0.25) is 5.91 Å². The van der Waals surface area contributed by atoms with Crippen molar-refractivity contribution in [2.45, 2.75) is 13.3 Å². The maximum Gasteiger partial charge on any atom is 0.307 e. The maximum atomic E-state index is 12.2. The van der Waals surface area contributed by atoms with Crippen molar-refractivity contribution in [3.05, 3.63) is 52.5 Å². The summed E-state index contributed by atoms with van der Waals surface area (Å²) < 4.78 is 4.86. The largest absolute Gasteiger partial charge is 0.466 e. The third-order valence-corrected chi connectivity index (χ3v) is 3.48. The van der Waals surface area contributed by atoms with Gasteiger partial charge < -0.3 is 9.64 Å². The molecule has 1 rings (SSSR count). The van der Waals surface area contributed by atoms with Crippen molar-refractivity contribution in [1.29, 1.82) is 0 Å². The van der Waals surface area contributed by atoms with E-state index in [-0.39, 0.29) is 24.8 Å². The number of benzene rings is 1. The van der Waals surface area contributed by atoms with Crippen LogP contribution in [0.15, 0.2) is 36.9 Å². The van der Waals surface area contributed by atoms with Gasteiger partial charge in [0.05, 0.1) is 13.0 Å². The van der Waals surface area contributed by atoms with Crippen molar-refractivity contribution in [2.24, 2.45) is 0 Å². The number of carbonyl (C=O) groups excluding carboxylic acids is 2. The second-order valence-corrected chi connectivity index (χ2v) is 5.47. The Hall–Kier alpha value is -1.78. The summed E-state index contributed by atoms with van der Waals surface area (Å²) in [6.45, 7) is 6.29. The zero-order valence-electron chi connectivity index (χ0n) is 12.9. The van der Waals surface area contributed by atoms with Crippen molar-refractivity contribution in [3.8, 4) is 0 Å². The van der Waals surface area contributed by atoms with Gasteiger partial charge in [0, 0.05) is 29.2 Å². The SMILES string of the molecule is C=CCN(CCC(=O)OCC)C(=O)/C=C/c1ccc(Cl)cc1Cl. The molecule has 0 saturated heterocycles. The van der Waals surface area contributed by atoms with E-state index >= 15 is 0 Å². The van der Waals surface area contributed by atoms with Crippen molar-refractivity contribution in [1.82, 2.24) is 4.90 Å². The summed E-state index contributed by atoms with van der Waals surface area (Å²) in [5, 5.41) is 0.990. The molecule has 0 radical (unpaired) electrons. The lowest BCUT2D eigenvalue weighted by atomic mass is 10.2. The van der Waals surface area contributed by atoms with Gasteiger partial charge in [-0.2, -0.15) is 0 Å². The summed E-state index contributed by atoms with van der Waals surface area (Å²) in [6.07, 6.45) is 4.76. The molecule has 23 heavy (non-hydrogen) atoms. The molecule has 0 N–H and O–H groups in total. The van der Waals surface area contributed by atoms with Crippen molar-refractivity contribution < 1.29 is 14.3 Å². The maximum absolute atomic E-state index is 12.2. The monoisotopic (exact) mass is 355 g/mol. The number of nitrogens with zero attached hydrogens (tertiary/aromatic N) is 1. The lowest BCUT2D eigenvalue weighted by Crippen LogP contribution is -2.32. The molecule has 0 heterocycles. The van der Waals surface area contributed by atoms with E-state index < -0.39 is 0 Å². The lowest BCUT2D eigenvalue weighted by molar-refractivity contribution is -0.143. The molecule has 4 nitrogen and oxygen atoms in total. The van der Waals surface area contributed by atoms with Gasteiger partial charge in [-0.15, -0.1) is 6.58 Å². The van der Waals surface area contributed by atoms with Crippen molar-refractivity contribution in [3.63, 3.8) is 0 Å². The minimum atomic E-state index is -0.334. The molecule has 0 aliphatic carbocycles. The van der Waals surface area contributed by atoms with E-state index in [0.717, 1.165) is 0 Å². The number of amides is 1. The smallest absolute Gasteiger partial charge is 0.307 e. The highest BCUT2D eigenvalue weighted by atomic mass is 35.5. The zero-order chi connectivity index (χ0) is 17.2. The molecule has 6 heteroatoms. The highest BCUT2D eigenvalue weighted by molar-refractivity contribution is 6.35. The molecule has 0 fully saturated rings. The molecule has 0 bridgehead atoms. The van der Waals surface area contributed by atoms with Gasteiger partial charge in [-0.1, -0.05) is 35.3 Å². The fraction of sp³-hybridized carbons (Fsp3) is 0.294. The fourth-order valence-corrected chi connectivity index (χ4v) is 2.28. The van der Waals surface area contributed by atoms with Crippen LogP contribution in [0.1, 0.15) is 18.9 Å². The summed E-state index contributed by atoms with van der Waals surface area (Å²) in [5.74, 6) is -0.570. The van der Waals surface area contributed by atoms with Crippen LogP contribution in [0.3, 0.4) is 0 Å². The van der Waals surface area contributed by atoms with E-state index in [2.05, 4.69) is 6.58 Å². The normalized spacial score (nSPS) is 10.6. The summed E-state index contributed by atoms with van der Waals surface area (Å²) in [4.78, 5) is 25.1. The van der Waals surface area contributed by atoms with Crippen LogP contribution in [-0.4, -0.2) is 36.5 Å². The van der Waals surface area contributed by atoms with Crippen LogP contribution < -0.4 is 0 Å². The Morgan fingerprint density at radius 2 is 2.09 bits per heavy atom. The van der Waals surface area contributed by atoms with Gasteiger partial charge in [0.25, 0.3) is 0 Å². The van der Waals surface area contributed by atoms with Crippen LogP contribution in [0, 0.1) is 0 Å². The highest BCUT2D eigenvalue weighted by Crippen LogP contribution is 2.22. The lowest BCUT2D eigenvalue weighted by Gasteiger charge is -2.18. The summed E-state index contributed by atoms with van der Waals surface area (Å²) in [5.41, 5.74) is 0.688. The van der Waals surface area contributed by atoms with Crippen molar-refractivity contribution >= 4 is 41.2 Å². The molecule has 1 aromatic rings. The fourth-order valence-electron chi connectivity index (χ4n) is 1.81. The van der Waals surface area contributed by atoms with Crippen LogP contribution in [0.2, 0.25) is 10.0 Å². The van der Waals surface area contributed by atoms with E-state index in [1.807, 2.05) is 0 Å². The molecule has 1 aromatic carbocycles. The number of rotatable bonds is 8. The highest BCUT2D eigenvalue weighted by Gasteiger charge is 2.12. The molecule has 0 aliphatic rings. The van der Waals surface area contributed by atoms with Gasteiger partial charge >= 0.3 is 5.97 Å². The second kappa shape index (κ2) is 10.1. The van der Waals surface area contributed by atoms with Crippen LogP contribution in [-0.2, 0) is 14.3 Å². The Labute approximate surface area is 146 Å². The predicted octanol–water partition coefficient (Wildman–Crippen LogP) is 3.97. The molecule has 0 aromatic heterocycles. The molecule has 0 saturated carbocycles. The Kier molecular flexibility index (Phi) is 8.45. The number of hydrogen-bond donors (Lipinski definition) is 0. The molecule has 124 valence electrons. The first-order valence-electron chi connectivity index (χ1n) is 7.16. The Morgan fingerprint density at radius 1 is 1.35 bits per heavy atom. The number of esters is 1. The number of carbonyl (C=O) groups is 2. The second-order valence-electron chi connectivity index (χ2n) is 4.63. The molecule has 0 atom stereocenters. The van der Waals surface area contributed by atoms with Crippen LogP contribution in [0.4, 0.5) is 0 Å². The third-order valence-electron chi connectivity index (χ3n) is 2.92. The van der Waals surface area contributed by atoms with Gasteiger partial charge in [-0.3, -0.25) is 9.59 Å². The zero-order valence-corrected chi connectivity index (χ0v) is 14.4. The average Bonchev–Trinajstić information content (AvgIpc) is 2.50. The molecular formula is C17H19Cl2NO3. The van der Waals surface area contributed by atoms with E-state index in [0.29, 0.717) is 28.8 Å². The molecule has 1 amide bonds.